The Balaban J connectivity index is 1.79. The van der Waals surface area contributed by atoms with Gasteiger partial charge in [0, 0.05) is 17.7 Å². The highest BCUT2D eigenvalue weighted by Crippen LogP contribution is 2.23. The molecule has 2 aromatic rings. The summed E-state index contributed by atoms with van der Waals surface area (Å²) < 4.78 is 0. The van der Waals surface area contributed by atoms with Gasteiger partial charge < -0.3 is 15.3 Å². The average molecular weight is 352 g/mol. The molecule has 1 saturated heterocycles. The van der Waals surface area contributed by atoms with Gasteiger partial charge in [0.25, 0.3) is 11.8 Å². The summed E-state index contributed by atoms with van der Waals surface area (Å²) in [5.41, 5.74) is 0.899. The van der Waals surface area contributed by atoms with Crippen LogP contribution >= 0.6 is 0 Å². The molecule has 2 atom stereocenters. The Morgan fingerprint density at radius 1 is 0.962 bits per heavy atom. The third-order valence-electron chi connectivity index (χ3n) is 4.55. The van der Waals surface area contributed by atoms with Crippen molar-refractivity contribution >= 4 is 17.8 Å². The van der Waals surface area contributed by atoms with Gasteiger partial charge in [-0.15, -0.1) is 0 Å². The first-order valence-electron chi connectivity index (χ1n) is 8.52. The highest BCUT2D eigenvalue weighted by Gasteiger charge is 2.39. The third kappa shape index (κ3) is 3.74. The van der Waals surface area contributed by atoms with Gasteiger partial charge in [-0.2, -0.15) is 0 Å². The zero-order valence-corrected chi connectivity index (χ0v) is 14.2. The SMILES string of the molecule is O=C(NC(C(=O)O)C1CCCN1C(=O)c1ccccc1)c1ccccc1. The van der Waals surface area contributed by atoms with E-state index in [1.54, 1.807) is 59.5 Å². The number of nitrogens with zero attached hydrogens (tertiary/aromatic N) is 1. The van der Waals surface area contributed by atoms with Gasteiger partial charge in [0.2, 0.25) is 0 Å². The second-order valence-corrected chi connectivity index (χ2v) is 6.23. The molecule has 0 spiro atoms. The van der Waals surface area contributed by atoms with Crippen LogP contribution in [0.4, 0.5) is 0 Å². The maximum Gasteiger partial charge on any atom is 0.328 e. The Morgan fingerprint density at radius 3 is 2.12 bits per heavy atom. The smallest absolute Gasteiger partial charge is 0.328 e. The lowest BCUT2D eigenvalue weighted by molar-refractivity contribution is -0.140. The second kappa shape index (κ2) is 7.82. The lowest BCUT2D eigenvalue weighted by atomic mass is 10.0. The first kappa shape index (κ1) is 17.7. The van der Waals surface area contributed by atoms with Crippen LogP contribution < -0.4 is 5.32 Å². The van der Waals surface area contributed by atoms with E-state index in [1.807, 2.05) is 6.07 Å². The van der Waals surface area contributed by atoms with Gasteiger partial charge in [0.1, 0.15) is 6.04 Å². The number of benzene rings is 2. The number of hydrogen-bond donors (Lipinski definition) is 2. The summed E-state index contributed by atoms with van der Waals surface area (Å²) in [6.45, 7) is 0.476. The van der Waals surface area contributed by atoms with E-state index in [0.717, 1.165) is 0 Å². The molecule has 0 radical (unpaired) electrons. The fourth-order valence-corrected chi connectivity index (χ4v) is 3.27. The molecule has 2 aromatic carbocycles. The van der Waals surface area contributed by atoms with Gasteiger partial charge in [-0.1, -0.05) is 36.4 Å². The maximum absolute atomic E-state index is 12.8. The number of carbonyl (C=O) groups is 3. The summed E-state index contributed by atoms with van der Waals surface area (Å²) in [6, 6.07) is 15.5. The molecular formula is C20H20N2O4. The number of aliphatic carboxylic acids is 1. The molecule has 1 fully saturated rings. The molecule has 1 aliphatic rings. The van der Waals surface area contributed by atoms with E-state index < -0.39 is 24.0 Å². The van der Waals surface area contributed by atoms with Crippen molar-refractivity contribution < 1.29 is 19.5 Å². The molecule has 0 bridgehead atoms. The van der Waals surface area contributed by atoms with Crippen molar-refractivity contribution in [3.05, 3.63) is 71.8 Å². The van der Waals surface area contributed by atoms with Crippen molar-refractivity contribution in [2.75, 3.05) is 6.54 Å². The summed E-state index contributed by atoms with van der Waals surface area (Å²) in [5.74, 6) is -1.82. The van der Waals surface area contributed by atoms with E-state index >= 15 is 0 Å². The number of nitrogens with one attached hydrogen (secondary N) is 1. The van der Waals surface area contributed by atoms with Crippen LogP contribution in [0.5, 0.6) is 0 Å². The molecule has 0 aliphatic carbocycles. The summed E-state index contributed by atoms with van der Waals surface area (Å²) in [7, 11) is 0. The van der Waals surface area contributed by atoms with Crippen LogP contribution in [-0.2, 0) is 4.79 Å². The largest absolute Gasteiger partial charge is 0.480 e. The highest BCUT2D eigenvalue weighted by atomic mass is 16.4. The monoisotopic (exact) mass is 352 g/mol. The van der Waals surface area contributed by atoms with Crippen molar-refractivity contribution in [2.24, 2.45) is 0 Å². The van der Waals surface area contributed by atoms with E-state index in [2.05, 4.69) is 5.32 Å². The van der Waals surface area contributed by atoms with Gasteiger partial charge in [0.05, 0.1) is 6.04 Å². The second-order valence-electron chi connectivity index (χ2n) is 6.23. The minimum absolute atomic E-state index is 0.215. The van der Waals surface area contributed by atoms with Crippen LogP contribution in [0.1, 0.15) is 33.6 Å². The lowest BCUT2D eigenvalue weighted by Crippen LogP contribution is -2.54. The van der Waals surface area contributed by atoms with Crippen molar-refractivity contribution in [3.63, 3.8) is 0 Å². The molecule has 1 heterocycles. The minimum atomic E-state index is -1.15. The predicted molar refractivity (Wildman–Crippen MR) is 95.8 cm³/mol. The average Bonchev–Trinajstić information content (AvgIpc) is 3.15. The summed E-state index contributed by atoms with van der Waals surface area (Å²) in [6.07, 6.45) is 1.23. The van der Waals surface area contributed by atoms with E-state index in [-0.39, 0.29) is 5.91 Å². The lowest BCUT2D eigenvalue weighted by Gasteiger charge is -2.30. The topological polar surface area (TPSA) is 86.7 Å². The molecule has 2 amide bonds. The van der Waals surface area contributed by atoms with Crippen molar-refractivity contribution in [1.82, 2.24) is 10.2 Å². The van der Waals surface area contributed by atoms with Gasteiger partial charge >= 0.3 is 5.97 Å². The van der Waals surface area contributed by atoms with Crippen molar-refractivity contribution in [3.8, 4) is 0 Å². The number of hydrogen-bond acceptors (Lipinski definition) is 3. The van der Waals surface area contributed by atoms with Gasteiger partial charge in [-0.05, 0) is 37.1 Å². The van der Waals surface area contributed by atoms with Crippen LogP contribution in [0.15, 0.2) is 60.7 Å². The Labute approximate surface area is 151 Å². The van der Waals surface area contributed by atoms with Crippen LogP contribution in [-0.4, -0.2) is 46.4 Å². The quantitative estimate of drug-likeness (QED) is 0.863. The molecular weight excluding hydrogens is 332 g/mol. The predicted octanol–water partition coefficient (Wildman–Crippen LogP) is 2.17. The Bertz CT molecular complexity index is 792. The molecule has 2 N–H and O–H groups in total. The molecule has 3 rings (SSSR count). The van der Waals surface area contributed by atoms with Crippen molar-refractivity contribution in [2.45, 2.75) is 24.9 Å². The number of rotatable bonds is 5. The summed E-state index contributed by atoms with van der Waals surface area (Å²) in [5, 5.41) is 12.2. The number of carbonyl (C=O) groups excluding carboxylic acids is 2. The summed E-state index contributed by atoms with van der Waals surface area (Å²) >= 11 is 0. The Morgan fingerprint density at radius 2 is 1.54 bits per heavy atom. The van der Waals surface area contributed by atoms with E-state index in [9.17, 15) is 19.5 Å². The van der Waals surface area contributed by atoms with Crippen LogP contribution in [0.3, 0.4) is 0 Å². The Hall–Kier alpha value is -3.15. The van der Waals surface area contributed by atoms with E-state index in [1.165, 1.54) is 0 Å². The molecule has 134 valence electrons. The highest BCUT2D eigenvalue weighted by molar-refractivity contribution is 5.98. The van der Waals surface area contributed by atoms with Crippen LogP contribution in [0.2, 0.25) is 0 Å². The Kier molecular flexibility index (Phi) is 5.31. The number of carboxylic acid groups (broad SMARTS) is 1. The zero-order chi connectivity index (χ0) is 18.5. The van der Waals surface area contributed by atoms with Crippen LogP contribution in [0.25, 0.3) is 0 Å². The third-order valence-corrected chi connectivity index (χ3v) is 4.55. The molecule has 1 aliphatic heterocycles. The van der Waals surface area contributed by atoms with Gasteiger partial charge in [0.15, 0.2) is 0 Å². The molecule has 2 unspecified atom stereocenters. The molecule has 0 saturated carbocycles. The normalized spacial score (nSPS) is 17.5. The summed E-state index contributed by atoms with van der Waals surface area (Å²) in [4.78, 5) is 38.5. The zero-order valence-electron chi connectivity index (χ0n) is 14.2. The molecule has 0 aromatic heterocycles. The van der Waals surface area contributed by atoms with Gasteiger partial charge in [-0.25, -0.2) is 4.79 Å². The van der Waals surface area contributed by atoms with E-state index in [4.69, 9.17) is 0 Å². The standard InChI is InChI=1S/C20H20N2O4/c23-18(14-8-3-1-4-9-14)21-17(20(25)26)16-12-7-13-22(16)19(24)15-10-5-2-6-11-15/h1-6,8-11,16-17H,7,12-13H2,(H,21,23)(H,25,26). The minimum Gasteiger partial charge on any atom is -0.480 e. The maximum atomic E-state index is 12.8. The van der Waals surface area contributed by atoms with Crippen molar-refractivity contribution in [1.29, 1.82) is 0 Å². The van der Waals surface area contributed by atoms with Gasteiger partial charge in [-0.3, -0.25) is 9.59 Å². The molecule has 26 heavy (non-hydrogen) atoms. The van der Waals surface area contributed by atoms with Crippen LogP contribution in [0, 0.1) is 0 Å². The fourth-order valence-electron chi connectivity index (χ4n) is 3.27. The first-order chi connectivity index (χ1) is 12.6. The number of amides is 2. The fraction of sp³-hybridized carbons (Fsp3) is 0.250. The number of likely N-dealkylation sites (tertiary alicyclic amines) is 1. The number of carboxylic acids is 1. The first-order valence-corrected chi connectivity index (χ1v) is 8.52. The molecule has 6 nitrogen and oxygen atoms in total. The van der Waals surface area contributed by atoms with E-state index in [0.29, 0.717) is 30.5 Å². The molecule has 6 heteroatoms.